The molecule has 0 aliphatic rings. The number of halogens is 1. The number of ketones is 1. The average Bonchev–Trinajstić information content (AvgIpc) is 3.01. The lowest BCUT2D eigenvalue weighted by Crippen LogP contribution is -2.12. The Labute approximate surface area is 180 Å². The third-order valence-corrected chi connectivity index (χ3v) is 5.91. The highest BCUT2D eigenvalue weighted by molar-refractivity contribution is 9.10. The van der Waals surface area contributed by atoms with Gasteiger partial charge in [0.2, 0.25) is 0 Å². The number of rotatable bonds is 7. The van der Waals surface area contributed by atoms with Gasteiger partial charge in [0, 0.05) is 33.6 Å². The van der Waals surface area contributed by atoms with Crippen LogP contribution in [0.15, 0.2) is 46.9 Å². The molecule has 2 aromatic carbocycles. The molecule has 152 valence electrons. The summed E-state index contributed by atoms with van der Waals surface area (Å²) in [5.41, 5.74) is 4.29. The maximum Gasteiger partial charge on any atom is 0.337 e. The molecule has 5 heteroatoms. The quantitative estimate of drug-likeness (QED) is 0.322. The first-order chi connectivity index (χ1) is 13.9. The predicted octanol–water partition coefficient (Wildman–Crippen LogP) is 6.03. The second-order valence-electron chi connectivity index (χ2n) is 7.49. The van der Waals surface area contributed by atoms with E-state index >= 15 is 0 Å². The Bertz CT molecular complexity index is 1070. The van der Waals surface area contributed by atoms with Gasteiger partial charge in [-0.2, -0.15) is 0 Å². The van der Waals surface area contributed by atoms with Crippen molar-refractivity contribution >= 4 is 38.6 Å². The van der Waals surface area contributed by atoms with E-state index in [0.29, 0.717) is 12.1 Å². The van der Waals surface area contributed by atoms with E-state index in [4.69, 9.17) is 4.74 Å². The molecule has 29 heavy (non-hydrogen) atoms. The number of carbonyl (C=O) groups is 2. The number of ether oxygens (including phenoxy) is 1. The first kappa shape index (κ1) is 21.3. The van der Waals surface area contributed by atoms with Crippen LogP contribution < -0.4 is 0 Å². The van der Waals surface area contributed by atoms with Crippen molar-refractivity contribution in [2.75, 3.05) is 7.11 Å². The first-order valence-electron chi connectivity index (χ1n) is 9.90. The maximum atomic E-state index is 13.1. The highest BCUT2D eigenvalue weighted by Crippen LogP contribution is 2.32. The molecular weight excluding hydrogens is 430 g/mol. The molecule has 1 heterocycles. The van der Waals surface area contributed by atoms with E-state index < -0.39 is 0 Å². The van der Waals surface area contributed by atoms with Crippen molar-refractivity contribution in [3.8, 4) is 0 Å². The van der Waals surface area contributed by atoms with Crippen LogP contribution in [-0.2, 0) is 17.7 Å². The standard InChI is InChI=1S/C24H26BrNO3/c1-5-8-20-22(23(27)15(2)3)18-12-11-16(24(28)29-4)13-21(18)26(20)14-17-9-6-7-10-19(17)25/h6-7,9-13,15H,5,8,14H2,1-4H3. The molecule has 0 radical (unpaired) electrons. The van der Waals surface area contributed by atoms with Crippen molar-refractivity contribution in [3.63, 3.8) is 0 Å². The largest absolute Gasteiger partial charge is 0.465 e. The molecule has 0 saturated heterocycles. The van der Waals surface area contributed by atoms with Gasteiger partial charge in [-0.1, -0.05) is 67.4 Å². The summed E-state index contributed by atoms with van der Waals surface area (Å²) in [5, 5.41) is 0.895. The minimum Gasteiger partial charge on any atom is -0.465 e. The first-order valence-corrected chi connectivity index (χ1v) is 10.7. The zero-order valence-corrected chi connectivity index (χ0v) is 18.9. The number of carbonyl (C=O) groups excluding carboxylic acids is 2. The van der Waals surface area contributed by atoms with Crippen LogP contribution in [0.3, 0.4) is 0 Å². The Balaban J connectivity index is 2.32. The smallest absolute Gasteiger partial charge is 0.337 e. The second-order valence-corrected chi connectivity index (χ2v) is 8.35. The summed E-state index contributed by atoms with van der Waals surface area (Å²) in [6, 6.07) is 13.5. The van der Waals surface area contributed by atoms with Gasteiger partial charge in [0.05, 0.1) is 18.2 Å². The Morgan fingerprint density at radius 1 is 1.14 bits per heavy atom. The van der Waals surface area contributed by atoms with Gasteiger partial charge in [-0.3, -0.25) is 4.79 Å². The number of Topliss-reactive ketones (excluding diaryl/α,β-unsaturated/α-hetero) is 1. The molecule has 0 unspecified atom stereocenters. The van der Waals surface area contributed by atoms with Crippen LogP contribution >= 0.6 is 15.9 Å². The summed E-state index contributed by atoms with van der Waals surface area (Å²) < 4.78 is 8.11. The van der Waals surface area contributed by atoms with Gasteiger partial charge in [0.25, 0.3) is 0 Å². The van der Waals surface area contributed by atoms with Crippen LogP contribution in [0.4, 0.5) is 0 Å². The molecular formula is C24H26BrNO3. The van der Waals surface area contributed by atoms with Crippen molar-refractivity contribution in [2.45, 2.75) is 40.2 Å². The van der Waals surface area contributed by atoms with Gasteiger partial charge in [-0.15, -0.1) is 0 Å². The van der Waals surface area contributed by atoms with Gasteiger partial charge in [-0.05, 0) is 30.2 Å². The lowest BCUT2D eigenvalue weighted by molar-refractivity contribution is 0.0600. The average molecular weight is 456 g/mol. The minimum atomic E-state index is -0.380. The summed E-state index contributed by atoms with van der Waals surface area (Å²) >= 11 is 3.63. The fraction of sp³-hybridized carbons (Fsp3) is 0.333. The normalized spacial score (nSPS) is 11.2. The van der Waals surface area contributed by atoms with Crippen LogP contribution in [0.5, 0.6) is 0 Å². The predicted molar refractivity (Wildman–Crippen MR) is 120 cm³/mol. The lowest BCUT2D eigenvalue weighted by Gasteiger charge is -2.14. The number of nitrogens with zero attached hydrogens (tertiary/aromatic N) is 1. The monoisotopic (exact) mass is 455 g/mol. The Morgan fingerprint density at radius 2 is 1.86 bits per heavy atom. The molecule has 0 atom stereocenters. The van der Waals surface area contributed by atoms with Crippen molar-refractivity contribution in [2.24, 2.45) is 5.92 Å². The summed E-state index contributed by atoms with van der Waals surface area (Å²) in [7, 11) is 1.38. The molecule has 3 rings (SSSR count). The Morgan fingerprint density at radius 3 is 2.48 bits per heavy atom. The summed E-state index contributed by atoms with van der Waals surface area (Å²) in [6.45, 7) is 6.59. The van der Waals surface area contributed by atoms with Crippen LogP contribution in [0.1, 0.15) is 59.2 Å². The van der Waals surface area contributed by atoms with Crippen molar-refractivity contribution < 1.29 is 14.3 Å². The molecule has 1 aromatic heterocycles. The Hall–Kier alpha value is -2.40. The van der Waals surface area contributed by atoms with E-state index in [9.17, 15) is 9.59 Å². The molecule has 0 bridgehead atoms. The van der Waals surface area contributed by atoms with Crippen molar-refractivity contribution in [3.05, 3.63) is 69.3 Å². The molecule has 3 aromatic rings. The van der Waals surface area contributed by atoms with E-state index in [1.54, 1.807) is 6.07 Å². The second kappa shape index (κ2) is 8.95. The molecule has 0 saturated carbocycles. The van der Waals surface area contributed by atoms with Gasteiger partial charge >= 0.3 is 5.97 Å². The number of methoxy groups -OCH3 is 1. The third-order valence-electron chi connectivity index (χ3n) is 5.14. The fourth-order valence-electron chi connectivity index (χ4n) is 3.68. The Kier molecular flexibility index (Phi) is 6.58. The molecule has 0 fully saturated rings. The number of esters is 1. The molecule has 0 aliphatic heterocycles. The van der Waals surface area contributed by atoms with Crippen LogP contribution in [-0.4, -0.2) is 23.4 Å². The number of aromatic nitrogens is 1. The number of hydrogen-bond donors (Lipinski definition) is 0. The van der Waals surface area contributed by atoms with Crippen molar-refractivity contribution in [1.82, 2.24) is 4.57 Å². The van der Waals surface area contributed by atoms with Gasteiger partial charge in [-0.25, -0.2) is 4.79 Å². The molecule has 0 amide bonds. The van der Waals surface area contributed by atoms with Crippen LogP contribution in [0.2, 0.25) is 0 Å². The van der Waals surface area contributed by atoms with E-state index in [0.717, 1.165) is 45.0 Å². The summed E-state index contributed by atoms with van der Waals surface area (Å²) in [6.07, 6.45) is 1.72. The fourth-order valence-corrected chi connectivity index (χ4v) is 4.10. The van der Waals surface area contributed by atoms with E-state index in [2.05, 4.69) is 33.5 Å². The van der Waals surface area contributed by atoms with Gasteiger partial charge in [0.1, 0.15) is 0 Å². The van der Waals surface area contributed by atoms with Crippen molar-refractivity contribution in [1.29, 1.82) is 0 Å². The van der Waals surface area contributed by atoms with Crippen LogP contribution in [0, 0.1) is 5.92 Å². The molecule has 0 aliphatic carbocycles. The topological polar surface area (TPSA) is 48.3 Å². The lowest BCUT2D eigenvalue weighted by atomic mass is 9.96. The highest BCUT2D eigenvalue weighted by Gasteiger charge is 2.25. The number of fused-ring (bicyclic) bond motifs is 1. The van der Waals surface area contributed by atoms with E-state index in [1.807, 2.05) is 44.2 Å². The molecule has 4 nitrogen and oxygen atoms in total. The summed E-state index contributed by atoms with van der Waals surface area (Å²) in [5.74, 6) is -0.349. The SMILES string of the molecule is CCCc1c(C(=O)C(C)C)c2ccc(C(=O)OC)cc2n1Cc1ccccc1Br. The van der Waals surface area contributed by atoms with Gasteiger partial charge in [0.15, 0.2) is 5.78 Å². The molecule has 0 N–H and O–H groups in total. The van der Waals surface area contributed by atoms with E-state index in [-0.39, 0.29) is 17.7 Å². The zero-order chi connectivity index (χ0) is 21.1. The van der Waals surface area contributed by atoms with Gasteiger partial charge < -0.3 is 9.30 Å². The number of benzene rings is 2. The highest BCUT2D eigenvalue weighted by atomic mass is 79.9. The third kappa shape index (κ3) is 4.15. The zero-order valence-electron chi connectivity index (χ0n) is 17.3. The van der Waals surface area contributed by atoms with E-state index in [1.165, 1.54) is 7.11 Å². The maximum absolute atomic E-state index is 13.1. The van der Waals surface area contributed by atoms with Crippen LogP contribution in [0.25, 0.3) is 10.9 Å². The number of hydrogen-bond acceptors (Lipinski definition) is 3. The minimum absolute atomic E-state index is 0.103. The molecule has 0 spiro atoms. The summed E-state index contributed by atoms with van der Waals surface area (Å²) in [4.78, 5) is 25.3.